The van der Waals surface area contributed by atoms with Gasteiger partial charge in [0.2, 0.25) is 0 Å². The summed E-state index contributed by atoms with van der Waals surface area (Å²) in [4.78, 5) is 12.5. The molecule has 0 aromatic carbocycles. The molecule has 2 atom stereocenters. The zero-order valence-electron chi connectivity index (χ0n) is 15.1. The number of carbonyl (C=O) groups is 1. The van der Waals surface area contributed by atoms with E-state index in [0.717, 1.165) is 31.7 Å². The van der Waals surface area contributed by atoms with Crippen LogP contribution in [0.4, 0.5) is 0 Å². The summed E-state index contributed by atoms with van der Waals surface area (Å²) >= 11 is 0. The van der Waals surface area contributed by atoms with Crippen molar-refractivity contribution < 1.29 is 9.53 Å². The molecule has 5 nitrogen and oxygen atoms in total. The van der Waals surface area contributed by atoms with Gasteiger partial charge in [-0.2, -0.15) is 5.10 Å². The third-order valence-electron chi connectivity index (χ3n) is 4.56. The second-order valence-corrected chi connectivity index (χ2v) is 7.41. The molecule has 1 amide bonds. The molecule has 1 fully saturated rings. The van der Waals surface area contributed by atoms with E-state index in [4.69, 9.17) is 4.74 Å². The molecular formula is C18H31N3O2. The molecule has 1 aromatic heterocycles. The highest BCUT2D eigenvalue weighted by Gasteiger charge is 2.29. The van der Waals surface area contributed by atoms with E-state index in [1.165, 1.54) is 0 Å². The van der Waals surface area contributed by atoms with Gasteiger partial charge >= 0.3 is 0 Å². The third-order valence-corrected chi connectivity index (χ3v) is 4.56. The van der Waals surface area contributed by atoms with E-state index in [9.17, 15) is 4.79 Å². The number of carbonyl (C=O) groups excluding carboxylic acids is 1. The Bertz CT molecular complexity index is 522. The maximum absolute atomic E-state index is 12.5. The Morgan fingerprint density at radius 1 is 1.43 bits per heavy atom. The molecule has 1 N–H and O–H groups in total. The van der Waals surface area contributed by atoms with Crippen molar-refractivity contribution in [3.8, 4) is 0 Å². The molecule has 2 rings (SSSR count). The highest BCUT2D eigenvalue weighted by atomic mass is 16.5. The largest absolute Gasteiger partial charge is 0.378 e. The van der Waals surface area contributed by atoms with Crippen LogP contribution < -0.4 is 5.32 Å². The summed E-state index contributed by atoms with van der Waals surface area (Å²) < 4.78 is 7.81. The summed E-state index contributed by atoms with van der Waals surface area (Å²) in [7, 11) is 0. The third kappa shape index (κ3) is 4.56. The summed E-state index contributed by atoms with van der Waals surface area (Å²) in [6.45, 7) is 13.0. The van der Waals surface area contributed by atoms with Crippen molar-refractivity contribution in [2.24, 2.45) is 17.8 Å². The normalized spacial score (nSPS) is 21.9. The second-order valence-electron chi connectivity index (χ2n) is 7.41. The number of rotatable bonds is 6. The van der Waals surface area contributed by atoms with Gasteiger partial charge in [0.15, 0.2) is 0 Å². The number of hydrogen-bond acceptors (Lipinski definition) is 3. The molecular weight excluding hydrogens is 290 g/mol. The fourth-order valence-electron chi connectivity index (χ4n) is 3.34. The molecule has 0 aliphatic carbocycles. The lowest BCUT2D eigenvalue weighted by Gasteiger charge is -2.34. The van der Waals surface area contributed by atoms with Crippen LogP contribution in [-0.2, 0) is 11.3 Å². The van der Waals surface area contributed by atoms with Crippen LogP contribution >= 0.6 is 0 Å². The summed E-state index contributed by atoms with van der Waals surface area (Å²) in [6, 6.07) is 0. The van der Waals surface area contributed by atoms with Crippen molar-refractivity contribution >= 4 is 5.91 Å². The van der Waals surface area contributed by atoms with Gasteiger partial charge in [-0.15, -0.1) is 0 Å². The minimum Gasteiger partial charge on any atom is -0.378 e. The quantitative estimate of drug-likeness (QED) is 0.876. The van der Waals surface area contributed by atoms with Crippen LogP contribution in [0.15, 0.2) is 6.20 Å². The van der Waals surface area contributed by atoms with Gasteiger partial charge in [-0.25, -0.2) is 0 Å². The minimum atomic E-state index is -0.0226. The maximum atomic E-state index is 12.5. The van der Waals surface area contributed by atoms with Gasteiger partial charge in [0.25, 0.3) is 5.91 Å². The van der Waals surface area contributed by atoms with Crippen molar-refractivity contribution in [1.82, 2.24) is 15.1 Å². The van der Waals surface area contributed by atoms with E-state index in [2.05, 4.69) is 38.1 Å². The molecule has 2 heterocycles. The lowest BCUT2D eigenvalue weighted by Crippen LogP contribution is -2.41. The Morgan fingerprint density at radius 2 is 2.17 bits per heavy atom. The standard InChI is InChI=1S/C18H31N3O2/c1-12(2)11-21-14(5)16(10-20-21)18(22)19-9-15-7-6-8-23-17(15)13(3)4/h10,12-13,15,17H,6-9,11H2,1-5H3,(H,19,22)/t15-,17-/m1/s1. The van der Waals surface area contributed by atoms with E-state index in [1.807, 2.05) is 11.6 Å². The number of nitrogens with zero attached hydrogens (tertiary/aromatic N) is 2. The molecule has 5 heteroatoms. The predicted octanol–water partition coefficient (Wildman–Crippen LogP) is 3.03. The lowest BCUT2D eigenvalue weighted by molar-refractivity contribution is -0.0510. The van der Waals surface area contributed by atoms with Gasteiger partial charge < -0.3 is 10.1 Å². The lowest BCUT2D eigenvalue weighted by atomic mass is 9.87. The van der Waals surface area contributed by atoms with E-state index in [1.54, 1.807) is 6.20 Å². The average Bonchev–Trinajstić information content (AvgIpc) is 2.85. The molecule has 1 aromatic rings. The Morgan fingerprint density at radius 3 is 2.83 bits per heavy atom. The van der Waals surface area contributed by atoms with Crippen LogP contribution in [0.25, 0.3) is 0 Å². The van der Waals surface area contributed by atoms with E-state index in [0.29, 0.717) is 29.9 Å². The first kappa shape index (κ1) is 18.0. The van der Waals surface area contributed by atoms with Crippen molar-refractivity contribution in [1.29, 1.82) is 0 Å². The number of amides is 1. The predicted molar refractivity (Wildman–Crippen MR) is 91.4 cm³/mol. The molecule has 0 bridgehead atoms. The Labute approximate surface area is 139 Å². The number of nitrogens with one attached hydrogen (secondary N) is 1. The van der Waals surface area contributed by atoms with E-state index < -0.39 is 0 Å². The first-order valence-electron chi connectivity index (χ1n) is 8.82. The minimum absolute atomic E-state index is 0.0226. The molecule has 1 aliphatic rings. The number of aromatic nitrogens is 2. The zero-order chi connectivity index (χ0) is 17.0. The van der Waals surface area contributed by atoms with Gasteiger partial charge in [-0.3, -0.25) is 9.48 Å². The van der Waals surface area contributed by atoms with Gasteiger partial charge in [-0.05, 0) is 31.6 Å². The van der Waals surface area contributed by atoms with Crippen LogP contribution in [-0.4, -0.2) is 34.9 Å². The second kappa shape index (κ2) is 7.95. The summed E-state index contributed by atoms with van der Waals surface area (Å²) in [5.41, 5.74) is 1.62. The van der Waals surface area contributed by atoms with Crippen LogP contribution in [0.3, 0.4) is 0 Å². The molecule has 1 saturated heterocycles. The van der Waals surface area contributed by atoms with Gasteiger partial charge in [0, 0.05) is 31.3 Å². The smallest absolute Gasteiger partial charge is 0.254 e. The van der Waals surface area contributed by atoms with Gasteiger partial charge in [0.1, 0.15) is 0 Å². The first-order chi connectivity index (χ1) is 10.9. The Hall–Kier alpha value is -1.36. The summed E-state index contributed by atoms with van der Waals surface area (Å²) in [5, 5.41) is 7.43. The van der Waals surface area contributed by atoms with Crippen LogP contribution in [0.2, 0.25) is 0 Å². The van der Waals surface area contributed by atoms with Gasteiger partial charge in [0.05, 0.1) is 17.9 Å². The maximum Gasteiger partial charge on any atom is 0.254 e. The van der Waals surface area contributed by atoms with E-state index in [-0.39, 0.29) is 12.0 Å². The molecule has 0 saturated carbocycles. The van der Waals surface area contributed by atoms with E-state index >= 15 is 0 Å². The van der Waals surface area contributed by atoms with Crippen LogP contribution in [0.5, 0.6) is 0 Å². The average molecular weight is 321 g/mol. The first-order valence-corrected chi connectivity index (χ1v) is 8.82. The van der Waals surface area contributed by atoms with Crippen molar-refractivity contribution in [2.45, 2.75) is 60.1 Å². The molecule has 23 heavy (non-hydrogen) atoms. The molecule has 130 valence electrons. The highest BCUT2D eigenvalue weighted by molar-refractivity contribution is 5.95. The Kier molecular flexibility index (Phi) is 6.22. The Balaban J connectivity index is 1.95. The van der Waals surface area contributed by atoms with Crippen LogP contribution in [0, 0.1) is 24.7 Å². The van der Waals surface area contributed by atoms with Crippen molar-refractivity contribution in [3.63, 3.8) is 0 Å². The van der Waals surface area contributed by atoms with Crippen molar-refractivity contribution in [2.75, 3.05) is 13.2 Å². The fourth-order valence-corrected chi connectivity index (χ4v) is 3.34. The molecule has 0 spiro atoms. The van der Waals surface area contributed by atoms with Gasteiger partial charge in [-0.1, -0.05) is 27.7 Å². The number of hydrogen-bond donors (Lipinski definition) is 1. The summed E-state index contributed by atoms with van der Waals surface area (Å²) in [6.07, 6.45) is 4.13. The topological polar surface area (TPSA) is 56.1 Å². The summed E-state index contributed by atoms with van der Waals surface area (Å²) in [5.74, 6) is 1.37. The highest BCUT2D eigenvalue weighted by Crippen LogP contribution is 2.25. The van der Waals surface area contributed by atoms with Crippen molar-refractivity contribution in [3.05, 3.63) is 17.5 Å². The molecule has 0 radical (unpaired) electrons. The van der Waals surface area contributed by atoms with Crippen LogP contribution in [0.1, 0.15) is 56.6 Å². The SMILES string of the molecule is Cc1c(C(=O)NC[C@H]2CCCO[C@@H]2C(C)C)cnn1CC(C)C. The fraction of sp³-hybridized carbons (Fsp3) is 0.778. The zero-order valence-corrected chi connectivity index (χ0v) is 15.1. The molecule has 0 unspecified atom stereocenters. The monoisotopic (exact) mass is 321 g/mol. The number of ether oxygens (including phenoxy) is 1. The molecule has 1 aliphatic heterocycles.